The van der Waals surface area contributed by atoms with Gasteiger partial charge in [-0.05, 0) is 44.2 Å². The van der Waals surface area contributed by atoms with Crippen LogP contribution < -0.4 is 0 Å². The number of rotatable bonds is 3. The minimum absolute atomic E-state index is 0.214. The second kappa shape index (κ2) is 5.63. The fraction of sp³-hybridized carbons (Fsp3) is 0.100. The normalized spacial score (nSPS) is 11.1. The van der Waals surface area contributed by atoms with Crippen molar-refractivity contribution in [3.63, 3.8) is 0 Å². The molecule has 0 aliphatic carbocycles. The van der Waals surface area contributed by atoms with Gasteiger partial charge in [0.05, 0.1) is 22.5 Å². The van der Waals surface area contributed by atoms with Crippen LogP contribution in [0.3, 0.4) is 0 Å². The molecule has 2 aromatic heterocycles. The van der Waals surface area contributed by atoms with E-state index in [1.54, 1.807) is 12.1 Å². The van der Waals surface area contributed by atoms with Crippen molar-refractivity contribution in [2.75, 3.05) is 0 Å². The first-order valence-corrected chi connectivity index (χ1v) is 7.98. The average molecular weight is 331 g/mol. The van der Waals surface area contributed by atoms with E-state index in [9.17, 15) is 5.11 Å². The Morgan fingerprint density at radius 2 is 1.80 bits per heavy atom. The molecule has 4 rings (SSSR count). The molecule has 2 N–H and O–H groups in total. The molecular formula is C20H17N3O2. The number of benzene rings is 2. The summed E-state index contributed by atoms with van der Waals surface area (Å²) in [6, 6.07) is 15.0. The highest BCUT2D eigenvalue weighted by atomic mass is 16.5. The summed E-state index contributed by atoms with van der Waals surface area (Å²) in [7, 11) is 0. The van der Waals surface area contributed by atoms with Crippen LogP contribution in [-0.2, 0) is 0 Å². The van der Waals surface area contributed by atoms with Crippen molar-refractivity contribution in [2.24, 2.45) is 0 Å². The van der Waals surface area contributed by atoms with Crippen molar-refractivity contribution >= 4 is 17.1 Å². The Morgan fingerprint density at radius 1 is 1.08 bits per heavy atom. The second-order valence-electron chi connectivity index (χ2n) is 5.97. The first kappa shape index (κ1) is 15.2. The molecule has 2 aromatic carbocycles. The number of aryl methyl sites for hydroxylation is 2. The van der Waals surface area contributed by atoms with Gasteiger partial charge in [0.2, 0.25) is 0 Å². The molecule has 0 radical (unpaired) electrons. The molecule has 5 nitrogen and oxygen atoms in total. The van der Waals surface area contributed by atoms with Crippen molar-refractivity contribution in [2.45, 2.75) is 13.8 Å². The van der Waals surface area contributed by atoms with E-state index in [2.05, 4.69) is 9.72 Å². The Labute approximate surface area is 144 Å². The summed E-state index contributed by atoms with van der Waals surface area (Å²) in [4.78, 5) is 0. The molecule has 4 aromatic rings. The molecule has 0 amide bonds. The molecule has 0 atom stereocenters. The first-order valence-electron chi connectivity index (χ1n) is 7.98. The molecule has 2 heterocycles. The molecule has 0 aliphatic rings. The smallest absolute Gasteiger partial charge is 0.143 e. The summed E-state index contributed by atoms with van der Waals surface area (Å²) < 4.78 is 7.46. The van der Waals surface area contributed by atoms with E-state index < -0.39 is 0 Å². The molecule has 124 valence electrons. The number of aromatic hydroxyl groups is 1. The van der Waals surface area contributed by atoms with Crippen LogP contribution in [-0.4, -0.2) is 21.0 Å². The SMILES string of the molecule is Cc1noc(C)c1-c1c(C=N)c2ccccc2n1-c1ccc(O)cc1. The third kappa shape index (κ3) is 2.24. The molecule has 0 unspecified atom stereocenters. The number of nitrogens with one attached hydrogen (secondary N) is 1. The van der Waals surface area contributed by atoms with Crippen molar-refractivity contribution in [3.05, 3.63) is 65.5 Å². The first-order chi connectivity index (χ1) is 12.1. The zero-order valence-electron chi connectivity index (χ0n) is 13.9. The monoisotopic (exact) mass is 331 g/mol. The standard InChI is InChI=1S/C20H17N3O2/c1-12-19(13(2)25-22-12)20-17(11-21)16-5-3-4-6-18(16)23(20)14-7-9-15(24)10-8-14/h3-11,21,24H,1-2H3. The lowest BCUT2D eigenvalue weighted by molar-refractivity contribution is 0.393. The number of nitrogens with zero attached hydrogens (tertiary/aromatic N) is 2. The summed E-state index contributed by atoms with van der Waals surface area (Å²) in [5.41, 5.74) is 5.25. The summed E-state index contributed by atoms with van der Waals surface area (Å²) in [5, 5.41) is 22.7. The zero-order chi connectivity index (χ0) is 17.6. The molecule has 0 saturated carbocycles. The van der Waals surface area contributed by atoms with Gasteiger partial charge in [-0.1, -0.05) is 23.4 Å². The van der Waals surface area contributed by atoms with Gasteiger partial charge >= 0.3 is 0 Å². The number of aromatic nitrogens is 2. The highest BCUT2D eigenvalue weighted by Crippen LogP contribution is 2.38. The lowest BCUT2D eigenvalue weighted by atomic mass is 10.0. The minimum Gasteiger partial charge on any atom is -0.508 e. The Hall–Kier alpha value is -3.34. The molecule has 0 spiro atoms. The Balaban J connectivity index is 2.18. The summed E-state index contributed by atoms with van der Waals surface area (Å²) >= 11 is 0. The predicted molar refractivity (Wildman–Crippen MR) is 97.8 cm³/mol. The Morgan fingerprint density at radius 3 is 2.44 bits per heavy atom. The highest BCUT2D eigenvalue weighted by Gasteiger charge is 2.23. The molecular weight excluding hydrogens is 314 g/mol. The summed E-state index contributed by atoms with van der Waals surface area (Å²) in [6.45, 7) is 3.78. The maximum atomic E-state index is 9.64. The van der Waals surface area contributed by atoms with E-state index in [-0.39, 0.29) is 5.75 Å². The lowest BCUT2D eigenvalue weighted by Crippen LogP contribution is -1.99. The van der Waals surface area contributed by atoms with Crippen LogP contribution in [0.25, 0.3) is 27.8 Å². The summed E-state index contributed by atoms with van der Waals surface area (Å²) in [5.74, 6) is 0.926. The van der Waals surface area contributed by atoms with Gasteiger partial charge in [0, 0.05) is 22.9 Å². The van der Waals surface area contributed by atoms with Gasteiger partial charge in [-0.3, -0.25) is 0 Å². The third-order valence-corrected chi connectivity index (χ3v) is 4.44. The van der Waals surface area contributed by atoms with E-state index in [4.69, 9.17) is 9.93 Å². The second-order valence-corrected chi connectivity index (χ2v) is 5.97. The van der Waals surface area contributed by atoms with Crippen molar-refractivity contribution in [1.29, 1.82) is 5.41 Å². The van der Waals surface area contributed by atoms with Crippen molar-refractivity contribution < 1.29 is 9.63 Å². The Bertz CT molecular complexity index is 1070. The van der Waals surface area contributed by atoms with Crippen LogP contribution >= 0.6 is 0 Å². The zero-order valence-corrected chi connectivity index (χ0v) is 13.9. The number of fused-ring (bicyclic) bond motifs is 1. The molecule has 0 bridgehead atoms. The summed E-state index contributed by atoms with van der Waals surface area (Å²) in [6.07, 6.45) is 1.38. The number of hydrogen-bond acceptors (Lipinski definition) is 4. The quantitative estimate of drug-likeness (QED) is 0.538. The number of para-hydroxylation sites is 1. The van der Waals surface area contributed by atoms with Crippen LogP contribution in [0.5, 0.6) is 5.75 Å². The lowest BCUT2D eigenvalue weighted by Gasteiger charge is -2.12. The average Bonchev–Trinajstić information content (AvgIpc) is 3.12. The predicted octanol–water partition coefficient (Wildman–Crippen LogP) is 4.61. The van der Waals surface area contributed by atoms with Crippen LogP contribution in [0.2, 0.25) is 0 Å². The van der Waals surface area contributed by atoms with Crippen LogP contribution in [0.1, 0.15) is 17.0 Å². The number of phenols is 1. The fourth-order valence-electron chi connectivity index (χ4n) is 3.35. The molecule has 25 heavy (non-hydrogen) atoms. The Kier molecular flexibility index (Phi) is 3.42. The molecule has 0 aliphatic heterocycles. The van der Waals surface area contributed by atoms with Gasteiger partial charge in [0.1, 0.15) is 11.5 Å². The van der Waals surface area contributed by atoms with E-state index in [1.807, 2.05) is 50.2 Å². The van der Waals surface area contributed by atoms with Crippen LogP contribution in [0.4, 0.5) is 0 Å². The van der Waals surface area contributed by atoms with Crippen LogP contribution in [0.15, 0.2) is 53.1 Å². The third-order valence-electron chi connectivity index (χ3n) is 4.44. The topological polar surface area (TPSA) is 75.0 Å². The largest absolute Gasteiger partial charge is 0.508 e. The van der Waals surface area contributed by atoms with Gasteiger partial charge in [-0.15, -0.1) is 0 Å². The van der Waals surface area contributed by atoms with Crippen molar-refractivity contribution in [1.82, 2.24) is 9.72 Å². The number of hydrogen-bond donors (Lipinski definition) is 2. The maximum Gasteiger partial charge on any atom is 0.143 e. The molecule has 0 saturated heterocycles. The van der Waals surface area contributed by atoms with Crippen LogP contribution in [0, 0.1) is 19.3 Å². The van der Waals surface area contributed by atoms with Gasteiger partial charge in [-0.2, -0.15) is 0 Å². The van der Waals surface area contributed by atoms with Gasteiger partial charge < -0.3 is 19.6 Å². The van der Waals surface area contributed by atoms with Gasteiger partial charge in [-0.25, -0.2) is 0 Å². The van der Waals surface area contributed by atoms with Gasteiger partial charge in [0.25, 0.3) is 0 Å². The van der Waals surface area contributed by atoms with Gasteiger partial charge in [0.15, 0.2) is 0 Å². The highest BCUT2D eigenvalue weighted by molar-refractivity contribution is 6.07. The molecule has 0 fully saturated rings. The van der Waals surface area contributed by atoms with E-state index in [1.165, 1.54) is 6.21 Å². The fourth-order valence-corrected chi connectivity index (χ4v) is 3.35. The number of phenolic OH excluding ortho intramolecular Hbond substituents is 1. The minimum atomic E-state index is 0.214. The van der Waals surface area contributed by atoms with Crippen molar-refractivity contribution in [3.8, 4) is 22.7 Å². The van der Waals surface area contributed by atoms with E-state index in [0.717, 1.165) is 39.1 Å². The molecule has 5 heteroatoms. The van der Waals surface area contributed by atoms with E-state index in [0.29, 0.717) is 5.76 Å². The maximum absolute atomic E-state index is 9.64. The van der Waals surface area contributed by atoms with E-state index >= 15 is 0 Å².